The van der Waals surface area contributed by atoms with Gasteiger partial charge >= 0.3 is 0 Å². The Morgan fingerprint density at radius 2 is 1.88 bits per heavy atom. The van der Waals surface area contributed by atoms with E-state index in [0.717, 1.165) is 55.3 Å². The zero-order chi connectivity index (χ0) is 17.5. The van der Waals surface area contributed by atoms with Crippen molar-refractivity contribution in [1.82, 2.24) is 10.3 Å². The summed E-state index contributed by atoms with van der Waals surface area (Å²) in [7, 11) is 0. The molecule has 0 radical (unpaired) electrons. The molecule has 0 bridgehead atoms. The van der Waals surface area contributed by atoms with Crippen molar-refractivity contribution in [2.75, 3.05) is 25.0 Å². The number of rotatable bonds is 9. The summed E-state index contributed by atoms with van der Waals surface area (Å²) in [4.78, 5) is 4.63. The molecule has 2 N–H and O–H groups in total. The van der Waals surface area contributed by atoms with Crippen LogP contribution in [0.2, 0.25) is 0 Å². The van der Waals surface area contributed by atoms with Gasteiger partial charge in [0, 0.05) is 17.8 Å². The van der Waals surface area contributed by atoms with Gasteiger partial charge in [0.2, 0.25) is 0 Å². The smallest absolute Gasteiger partial charge is 0.126 e. The van der Waals surface area contributed by atoms with E-state index in [1.807, 2.05) is 37.3 Å². The minimum Gasteiger partial charge on any atom is -0.466 e. The zero-order valence-corrected chi connectivity index (χ0v) is 15.1. The quantitative estimate of drug-likeness (QED) is 0.555. The number of para-hydroxylation sites is 1. The van der Waals surface area contributed by atoms with Gasteiger partial charge in [-0.3, -0.25) is 0 Å². The molecule has 3 rings (SSSR count). The topological polar surface area (TPSA) is 50.1 Å². The molecule has 0 aliphatic rings. The second-order valence-corrected chi connectivity index (χ2v) is 6.56. The molecule has 0 saturated carbocycles. The molecule has 1 unspecified atom stereocenters. The molecule has 0 fully saturated rings. The Kier molecular flexibility index (Phi) is 6.07. The molecular formula is C21H27N3O. The maximum absolute atomic E-state index is 5.68. The number of fused-ring (bicyclic) bond motifs is 1. The third-order valence-corrected chi connectivity index (χ3v) is 4.44. The first-order chi connectivity index (χ1) is 12.2. The monoisotopic (exact) mass is 337 g/mol. The van der Waals surface area contributed by atoms with E-state index in [9.17, 15) is 0 Å². The first-order valence-corrected chi connectivity index (χ1v) is 9.09. The van der Waals surface area contributed by atoms with Crippen LogP contribution in [0.4, 0.5) is 5.82 Å². The van der Waals surface area contributed by atoms with Crippen LogP contribution in [0.1, 0.15) is 37.2 Å². The lowest BCUT2D eigenvalue weighted by Crippen LogP contribution is -2.20. The van der Waals surface area contributed by atoms with Gasteiger partial charge in [-0.15, -0.1) is 0 Å². The second kappa shape index (κ2) is 8.67. The molecule has 2 aromatic heterocycles. The van der Waals surface area contributed by atoms with E-state index >= 15 is 0 Å². The summed E-state index contributed by atoms with van der Waals surface area (Å²) in [5.74, 6) is 3.48. The Labute approximate surface area is 149 Å². The van der Waals surface area contributed by atoms with Crippen molar-refractivity contribution < 1.29 is 4.42 Å². The van der Waals surface area contributed by atoms with Gasteiger partial charge in [0.05, 0.1) is 5.52 Å². The predicted molar refractivity (Wildman–Crippen MR) is 104 cm³/mol. The molecule has 0 aliphatic heterocycles. The average molecular weight is 337 g/mol. The first-order valence-electron chi connectivity index (χ1n) is 9.09. The van der Waals surface area contributed by atoms with E-state index in [1.165, 1.54) is 5.39 Å². The number of furan rings is 1. The standard InChI is InChI=1S/C21H27N3O/c1-16(20-10-8-17(2)25-20)12-15-22-13-5-14-23-21-11-9-18-6-3-4-7-19(18)24-21/h3-4,6-11,16,22H,5,12-15H2,1-2H3,(H,23,24). The van der Waals surface area contributed by atoms with Crippen molar-refractivity contribution in [2.24, 2.45) is 0 Å². The van der Waals surface area contributed by atoms with Gasteiger partial charge in [-0.2, -0.15) is 0 Å². The highest BCUT2D eigenvalue weighted by molar-refractivity contribution is 5.79. The molecule has 0 spiro atoms. The SMILES string of the molecule is Cc1ccc(C(C)CCNCCCNc2ccc3ccccc3n2)o1. The highest BCUT2D eigenvalue weighted by atomic mass is 16.3. The lowest BCUT2D eigenvalue weighted by Gasteiger charge is -2.10. The number of aryl methyl sites for hydroxylation is 1. The minimum atomic E-state index is 0.459. The van der Waals surface area contributed by atoms with Crippen LogP contribution in [0.3, 0.4) is 0 Å². The minimum absolute atomic E-state index is 0.459. The molecule has 4 heteroatoms. The van der Waals surface area contributed by atoms with Crippen LogP contribution in [0.15, 0.2) is 52.9 Å². The van der Waals surface area contributed by atoms with Gasteiger partial charge in [-0.25, -0.2) is 4.98 Å². The molecule has 1 atom stereocenters. The fourth-order valence-electron chi connectivity index (χ4n) is 2.90. The van der Waals surface area contributed by atoms with Crippen molar-refractivity contribution in [3.8, 4) is 0 Å². The van der Waals surface area contributed by atoms with Crippen molar-refractivity contribution >= 4 is 16.7 Å². The molecule has 2 heterocycles. The van der Waals surface area contributed by atoms with E-state index in [0.29, 0.717) is 5.92 Å². The molecule has 132 valence electrons. The Hall–Kier alpha value is -2.33. The van der Waals surface area contributed by atoms with Crippen LogP contribution in [-0.4, -0.2) is 24.6 Å². The molecule has 3 aromatic rings. The van der Waals surface area contributed by atoms with E-state index in [-0.39, 0.29) is 0 Å². The van der Waals surface area contributed by atoms with Crippen molar-refractivity contribution in [1.29, 1.82) is 0 Å². The van der Waals surface area contributed by atoms with Gasteiger partial charge < -0.3 is 15.1 Å². The van der Waals surface area contributed by atoms with Crippen LogP contribution < -0.4 is 10.6 Å². The predicted octanol–water partition coefficient (Wildman–Crippen LogP) is 4.72. The summed E-state index contributed by atoms with van der Waals surface area (Å²) in [6, 6.07) is 16.5. The lowest BCUT2D eigenvalue weighted by atomic mass is 10.1. The van der Waals surface area contributed by atoms with E-state index < -0.39 is 0 Å². The molecule has 0 aliphatic carbocycles. The summed E-state index contributed by atoms with van der Waals surface area (Å²) in [6.07, 6.45) is 2.16. The Morgan fingerprint density at radius 1 is 1.00 bits per heavy atom. The van der Waals surface area contributed by atoms with Gasteiger partial charge in [0.25, 0.3) is 0 Å². The average Bonchev–Trinajstić information content (AvgIpc) is 3.07. The number of pyridine rings is 1. The van der Waals surface area contributed by atoms with Gasteiger partial charge in [-0.1, -0.05) is 25.1 Å². The van der Waals surface area contributed by atoms with Crippen molar-refractivity contribution in [3.05, 3.63) is 60.1 Å². The number of benzene rings is 1. The Balaban J connectivity index is 1.30. The van der Waals surface area contributed by atoms with Crippen molar-refractivity contribution in [3.63, 3.8) is 0 Å². The van der Waals surface area contributed by atoms with Crippen molar-refractivity contribution in [2.45, 2.75) is 32.6 Å². The van der Waals surface area contributed by atoms with Gasteiger partial charge in [-0.05, 0) is 63.2 Å². The lowest BCUT2D eigenvalue weighted by molar-refractivity contribution is 0.437. The number of hydrogen-bond donors (Lipinski definition) is 2. The molecule has 0 saturated heterocycles. The third kappa shape index (κ3) is 5.07. The normalized spacial score (nSPS) is 12.4. The molecule has 0 amide bonds. The summed E-state index contributed by atoms with van der Waals surface area (Å²) >= 11 is 0. The molecule has 25 heavy (non-hydrogen) atoms. The Bertz CT molecular complexity index is 796. The largest absolute Gasteiger partial charge is 0.466 e. The summed E-state index contributed by atoms with van der Waals surface area (Å²) < 4.78 is 5.68. The van der Waals surface area contributed by atoms with Crippen LogP contribution in [0.5, 0.6) is 0 Å². The van der Waals surface area contributed by atoms with E-state index in [4.69, 9.17) is 4.42 Å². The number of nitrogens with zero attached hydrogens (tertiary/aromatic N) is 1. The van der Waals surface area contributed by atoms with Gasteiger partial charge in [0.15, 0.2) is 0 Å². The van der Waals surface area contributed by atoms with E-state index in [2.05, 4.69) is 40.7 Å². The van der Waals surface area contributed by atoms with Gasteiger partial charge in [0.1, 0.15) is 17.3 Å². The van der Waals surface area contributed by atoms with Crippen LogP contribution in [0, 0.1) is 6.92 Å². The second-order valence-electron chi connectivity index (χ2n) is 6.56. The van der Waals surface area contributed by atoms with Crippen LogP contribution in [0.25, 0.3) is 10.9 Å². The van der Waals surface area contributed by atoms with E-state index in [1.54, 1.807) is 0 Å². The number of nitrogens with one attached hydrogen (secondary N) is 2. The fourth-order valence-corrected chi connectivity index (χ4v) is 2.90. The summed E-state index contributed by atoms with van der Waals surface area (Å²) in [5, 5.41) is 8.08. The summed E-state index contributed by atoms with van der Waals surface area (Å²) in [6.45, 7) is 7.14. The summed E-state index contributed by atoms with van der Waals surface area (Å²) in [5.41, 5.74) is 1.03. The highest BCUT2D eigenvalue weighted by Crippen LogP contribution is 2.20. The zero-order valence-electron chi connectivity index (χ0n) is 15.1. The number of hydrogen-bond acceptors (Lipinski definition) is 4. The van der Waals surface area contributed by atoms with Crippen LogP contribution >= 0.6 is 0 Å². The maximum Gasteiger partial charge on any atom is 0.126 e. The maximum atomic E-state index is 5.68. The third-order valence-electron chi connectivity index (χ3n) is 4.44. The molecule has 1 aromatic carbocycles. The van der Waals surface area contributed by atoms with Crippen LogP contribution in [-0.2, 0) is 0 Å². The number of anilines is 1. The molecule has 4 nitrogen and oxygen atoms in total. The molecular weight excluding hydrogens is 310 g/mol. The highest BCUT2D eigenvalue weighted by Gasteiger charge is 2.08. The fraction of sp³-hybridized carbons (Fsp3) is 0.381. The Morgan fingerprint density at radius 3 is 2.72 bits per heavy atom. The first kappa shape index (κ1) is 17.5. The number of aromatic nitrogens is 1.